The van der Waals surface area contributed by atoms with Crippen LogP contribution >= 0.6 is 23.2 Å². The molecule has 0 bridgehead atoms. The van der Waals surface area contributed by atoms with Crippen molar-refractivity contribution in [1.29, 1.82) is 0 Å². The van der Waals surface area contributed by atoms with E-state index < -0.39 is 0 Å². The maximum absolute atomic E-state index is 12.1. The topological polar surface area (TPSA) is 93.1 Å². The van der Waals surface area contributed by atoms with Gasteiger partial charge in [-0.2, -0.15) is 5.10 Å². The average Bonchev–Trinajstić information content (AvgIpc) is 2.69. The van der Waals surface area contributed by atoms with Crippen LogP contribution in [0.4, 0.5) is 0 Å². The zero-order valence-electron chi connectivity index (χ0n) is 14.6. The number of carbonyl (C=O) groups excluding carboxylic acids is 2. The van der Waals surface area contributed by atoms with Crippen molar-refractivity contribution < 1.29 is 9.59 Å². The molecule has 2 amide bonds. The molecule has 3 rings (SSSR count). The minimum Gasteiger partial charge on any atom is -0.353 e. The smallest absolute Gasteiger partial charge is 0.251 e. The fourth-order valence-electron chi connectivity index (χ4n) is 2.60. The van der Waals surface area contributed by atoms with E-state index in [2.05, 4.69) is 15.7 Å². The van der Waals surface area contributed by atoms with Crippen molar-refractivity contribution in [2.45, 2.75) is 6.54 Å². The largest absolute Gasteiger partial charge is 0.353 e. The summed E-state index contributed by atoms with van der Waals surface area (Å²) in [6, 6.07) is 11.5. The van der Waals surface area contributed by atoms with Gasteiger partial charge in [-0.1, -0.05) is 35.3 Å². The monoisotopic (exact) mass is 418 g/mol. The maximum Gasteiger partial charge on any atom is 0.251 e. The molecule has 28 heavy (non-hydrogen) atoms. The molecule has 0 unspecified atom stereocenters. The van der Waals surface area contributed by atoms with E-state index in [4.69, 9.17) is 23.2 Å². The van der Waals surface area contributed by atoms with Crippen LogP contribution < -0.4 is 16.1 Å². The van der Waals surface area contributed by atoms with Crippen molar-refractivity contribution in [3.63, 3.8) is 0 Å². The summed E-state index contributed by atoms with van der Waals surface area (Å²) in [7, 11) is 0. The van der Waals surface area contributed by atoms with Gasteiger partial charge >= 0.3 is 0 Å². The van der Waals surface area contributed by atoms with Crippen molar-refractivity contribution >= 4 is 45.9 Å². The first kappa shape index (κ1) is 19.9. The molecule has 2 N–H and O–H groups in total. The molecule has 2 aromatic carbocycles. The molecule has 0 aliphatic rings. The highest BCUT2D eigenvalue weighted by atomic mass is 35.5. The van der Waals surface area contributed by atoms with Crippen LogP contribution in [-0.4, -0.2) is 34.7 Å². The summed E-state index contributed by atoms with van der Waals surface area (Å²) >= 11 is 11.7. The third kappa shape index (κ3) is 4.68. The number of carbonyl (C=O) groups is 2. The predicted molar refractivity (Wildman–Crippen MR) is 108 cm³/mol. The van der Waals surface area contributed by atoms with E-state index >= 15 is 0 Å². The van der Waals surface area contributed by atoms with E-state index in [9.17, 15) is 14.4 Å². The Morgan fingerprint density at radius 1 is 1.00 bits per heavy atom. The number of benzene rings is 2. The number of hydrogen-bond donors (Lipinski definition) is 2. The Kier molecular flexibility index (Phi) is 6.28. The predicted octanol–water partition coefficient (Wildman–Crippen LogP) is 2.25. The van der Waals surface area contributed by atoms with Crippen molar-refractivity contribution in [1.82, 2.24) is 20.4 Å². The van der Waals surface area contributed by atoms with Gasteiger partial charge in [0.1, 0.15) is 6.54 Å². The van der Waals surface area contributed by atoms with Crippen LogP contribution in [0, 0.1) is 0 Å². The molecule has 7 nitrogen and oxygen atoms in total. The van der Waals surface area contributed by atoms with Crippen LogP contribution in [0.15, 0.2) is 53.5 Å². The molecule has 0 saturated carbocycles. The van der Waals surface area contributed by atoms with Gasteiger partial charge in [0.15, 0.2) is 0 Å². The van der Waals surface area contributed by atoms with Crippen LogP contribution in [0.1, 0.15) is 10.4 Å². The zero-order chi connectivity index (χ0) is 20.1. The molecule has 1 aromatic heterocycles. The summed E-state index contributed by atoms with van der Waals surface area (Å²) in [4.78, 5) is 36.0. The number of amides is 2. The number of para-hydroxylation sites is 1. The molecule has 0 saturated heterocycles. The van der Waals surface area contributed by atoms with Crippen molar-refractivity contribution in [2.75, 3.05) is 13.1 Å². The van der Waals surface area contributed by atoms with E-state index in [1.807, 2.05) is 0 Å². The normalized spacial score (nSPS) is 10.6. The highest BCUT2D eigenvalue weighted by Gasteiger charge is 2.09. The number of halogens is 2. The number of nitrogens with zero attached hydrogens (tertiary/aromatic N) is 2. The van der Waals surface area contributed by atoms with Gasteiger partial charge in [-0.25, -0.2) is 0 Å². The van der Waals surface area contributed by atoms with Crippen LogP contribution in [0.5, 0.6) is 0 Å². The minimum atomic E-state index is -0.319. The molecule has 9 heteroatoms. The lowest BCUT2D eigenvalue weighted by Gasteiger charge is -2.10. The molecule has 0 radical (unpaired) electrons. The number of nitrogens with one attached hydrogen (secondary N) is 2. The van der Waals surface area contributed by atoms with E-state index in [0.29, 0.717) is 26.5 Å². The SMILES string of the molecule is O=C(Cn1ncc(=O)c2ccccc21)NCCNC(=O)c1ccc(Cl)c(Cl)c1. The molecule has 144 valence electrons. The van der Waals surface area contributed by atoms with E-state index in [-0.39, 0.29) is 36.9 Å². The summed E-state index contributed by atoms with van der Waals surface area (Å²) in [5, 5.41) is 10.6. The summed E-state index contributed by atoms with van der Waals surface area (Å²) in [6.07, 6.45) is 1.19. The van der Waals surface area contributed by atoms with Gasteiger partial charge in [0.2, 0.25) is 11.3 Å². The van der Waals surface area contributed by atoms with Crippen LogP contribution in [0.2, 0.25) is 10.0 Å². The number of rotatable bonds is 6. The number of hydrogen-bond acceptors (Lipinski definition) is 4. The summed E-state index contributed by atoms with van der Waals surface area (Å²) in [5.74, 6) is -0.606. The van der Waals surface area contributed by atoms with E-state index in [1.54, 1.807) is 36.4 Å². The Morgan fingerprint density at radius 3 is 2.54 bits per heavy atom. The fraction of sp³-hybridized carbons (Fsp3) is 0.158. The highest BCUT2D eigenvalue weighted by molar-refractivity contribution is 6.42. The van der Waals surface area contributed by atoms with E-state index in [1.165, 1.54) is 16.9 Å². The highest BCUT2D eigenvalue weighted by Crippen LogP contribution is 2.22. The lowest BCUT2D eigenvalue weighted by molar-refractivity contribution is -0.121. The summed E-state index contributed by atoms with van der Waals surface area (Å²) < 4.78 is 1.46. The second-order valence-electron chi connectivity index (χ2n) is 5.92. The molecule has 0 aliphatic heterocycles. The second-order valence-corrected chi connectivity index (χ2v) is 6.73. The van der Waals surface area contributed by atoms with Gasteiger partial charge in [0, 0.05) is 24.0 Å². The first-order valence-corrected chi connectivity index (χ1v) is 9.16. The molecule has 1 heterocycles. The molecule has 0 spiro atoms. The molecular weight excluding hydrogens is 403 g/mol. The van der Waals surface area contributed by atoms with Gasteiger partial charge < -0.3 is 10.6 Å². The zero-order valence-corrected chi connectivity index (χ0v) is 16.1. The van der Waals surface area contributed by atoms with Crippen LogP contribution in [0.25, 0.3) is 10.9 Å². The average molecular weight is 419 g/mol. The van der Waals surface area contributed by atoms with Gasteiger partial charge in [-0.05, 0) is 30.3 Å². The Morgan fingerprint density at radius 2 is 1.75 bits per heavy atom. The second kappa shape index (κ2) is 8.86. The minimum absolute atomic E-state index is 0.0401. The number of aromatic nitrogens is 2. The summed E-state index contributed by atoms with van der Waals surface area (Å²) in [6.45, 7) is 0.439. The molecule has 0 atom stereocenters. The van der Waals surface area contributed by atoms with Gasteiger partial charge in [0.05, 0.1) is 21.8 Å². The first-order valence-electron chi connectivity index (χ1n) is 8.40. The molecule has 0 fully saturated rings. The third-order valence-corrected chi connectivity index (χ3v) is 4.71. The fourth-order valence-corrected chi connectivity index (χ4v) is 2.89. The van der Waals surface area contributed by atoms with Gasteiger partial charge in [-0.15, -0.1) is 0 Å². The van der Waals surface area contributed by atoms with Crippen molar-refractivity contribution in [3.05, 3.63) is 74.5 Å². The quantitative estimate of drug-likeness (QED) is 0.600. The Balaban J connectivity index is 1.51. The van der Waals surface area contributed by atoms with Gasteiger partial charge in [0.25, 0.3) is 5.91 Å². The first-order chi connectivity index (χ1) is 13.5. The van der Waals surface area contributed by atoms with Crippen molar-refractivity contribution in [3.8, 4) is 0 Å². The Hall–Kier alpha value is -2.90. The van der Waals surface area contributed by atoms with E-state index in [0.717, 1.165) is 0 Å². The molecular formula is C19H16Cl2N4O3. The lowest BCUT2D eigenvalue weighted by atomic mass is 10.2. The molecule has 0 aliphatic carbocycles. The Labute approximate surface area is 170 Å². The Bertz CT molecular complexity index is 1100. The van der Waals surface area contributed by atoms with Crippen molar-refractivity contribution in [2.24, 2.45) is 0 Å². The standard InChI is InChI=1S/C19H16Cl2N4O3/c20-14-6-5-12(9-15(14)21)19(28)23-8-7-22-18(27)11-25-16-4-2-1-3-13(16)17(26)10-24-25/h1-6,9-10H,7-8,11H2,(H,22,27)(H,23,28). The number of fused-ring (bicyclic) bond motifs is 1. The van der Waals surface area contributed by atoms with Crippen LogP contribution in [0.3, 0.4) is 0 Å². The van der Waals surface area contributed by atoms with Gasteiger partial charge in [-0.3, -0.25) is 19.1 Å². The maximum atomic E-state index is 12.1. The third-order valence-electron chi connectivity index (χ3n) is 3.97. The lowest BCUT2D eigenvalue weighted by Crippen LogP contribution is -2.36. The molecule has 3 aromatic rings. The van der Waals surface area contributed by atoms with Crippen LogP contribution in [-0.2, 0) is 11.3 Å². The summed E-state index contributed by atoms with van der Waals surface area (Å²) in [5.41, 5.74) is 0.764.